The molecule has 0 aliphatic carbocycles. The fourth-order valence-corrected chi connectivity index (χ4v) is 2.48. The molecule has 0 radical (unpaired) electrons. The Morgan fingerprint density at radius 1 is 1.10 bits per heavy atom. The van der Waals surface area contributed by atoms with Gasteiger partial charge in [-0.1, -0.05) is 51.7 Å². The molecule has 0 fully saturated rings. The average molecular weight is 276 g/mol. The van der Waals surface area contributed by atoms with Gasteiger partial charge in [-0.05, 0) is 36.5 Å². The second kappa shape index (κ2) is 9.57. The van der Waals surface area contributed by atoms with E-state index in [1.807, 2.05) is 12.1 Å². The third-order valence-electron chi connectivity index (χ3n) is 4.00. The fourth-order valence-electron chi connectivity index (χ4n) is 2.48. The zero-order valence-electron chi connectivity index (χ0n) is 12.9. The molecule has 112 valence electrons. The van der Waals surface area contributed by atoms with Crippen molar-refractivity contribution in [3.63, 3.8) is 0 Å². The van der Waals surface area contributed by atoms with Crippen molar-refractivity contribution < 1.29 is 9.90 Å². The first-order valence-electron chi connectivity index (χ1n) is 7.95. The minimum absolute atomic E-state index is 0.279. The van der Waals surface area contributed by atoms with Crippen LogP contribution in [0, 0.1) is 5.92 Å². The molecular formula is C18H28O2. The molecular weight excluding hydrogens is 248 g/mol. The van der Waals surface area contributed by atoms with E-state index in [0.717, 1.165) is 24.8 Å². The predicted octanol–water partition coefficient (Wildman–Crippen LogP) is 4.89. The molecule has 0 heterocycles. The molecule has 0 amide bonds. The normalized spacial score (nSPS) is 12.3. The highest BCUT2D eigenvalue weighted by Crippen LogP contribution is 2.19. The van der Waals surface area contributed by atoms with Gasteiger partial charge in [0.2, 0.25) is 0 Å². The largest absolute Gasteiger partial charge is 0.508 e. The maximum atomic E-state index is 11.9. The molecule has 1 aromatic rings. The summed E-state index contributed by atoms with van der Waals surface area (Å²) in [5, 5.41) is 9.21. The monoisotopic (exact) mass is 276 g/mol. The van der Waals surface area contributed by atoms with Crippen molar-refractivity contribution in [1.82, 2.24) is 0 Å². The van der Waals surface area contributed by atoms with Crippen molar-refractivity contribution in [1.29, 1.82) is 0 Å². The highest BCUT2D eigenvalue weighted by molar-refractivity contribution is 5.78. The third kappa shape index (κ3) is 6.74. The Hall–Kier alpha value is -1.31. The van der Waals surface area contributed by atoms with Gasteiger partial charge in [0.05, 0.1) is 0 Å². The lowest BCUT2D eigenvalue weighted by atomic mass is 9.92. The quantitative estimate of drug-likeness (QED) is 0.660. The van der Waals surface area contributed by atoms with Crippen LogP contribution in [0.4, 0.5) is 0 Å². The third-order valence-corrected chi connectivity index (χ3v) is 4.00. The van der Waals surface area contributed by atoms with Crippen LogP contribution in [0.15, 0.2) is 24.3 Å². The van der Waals surface area contributed by atoms with Crippen LogP contribution in [0.25, 0.3) is 0 Å². The lowest BCUT2D eigenvalue weighted by Gasteiger charge is -2.13. The number of rotatable bonds is 10. The lowest BCUT2D eigenvalue weighted by molar-refractivity contribution is -0.119. The summed E-state index contributed by atoms with van der Waals surface area (Å²) in [4.78, 5) is 11.9. The number of hydrogen-bond acceptors (Lipinski definition) is 2. The number of carbonyl (C=O) groups is 1. The number of aromatic hydroxyl groups is 1. The Kier molecular flexibility index (Phi) is 8.01. The van der Waals surface area contributed by atoms with Gasteiger partial charge < -0.3 is 5.11 Å². The molecule has 20 heavy (non-hydrogen) atoms. The molecule has 1 aromatic carbocycles. The Balaban J connectivity index is 2.24. The second-order valence-corrected chi connectivity index (χ2v) is 5.66. The zero-order valence-corrected chi connectivity index (χ0v) is 12.9. The number of carbonyl (C=O) groups excluding carboxylic acids is 1. The van der Waals surface area contributed by atoms with E-state index < -0.39 is 0 Å². The minimum atomic E-state index is 0.279. The van der Waals surface area contributed by atoms with Crippen molar-refractivity contribution in [2.24, 2.45) is 5.92 Å². The first-order valence-corrected chi connectivity index (χ1v) is 7.95. The summed E-state index contributed by atoms with van der Waals surface area (Å²) in [5.41, 5.74) is 1.12. The number of phenolic OH excluding ortho intramolecular Hbond substituents is 1. The van der Waals surface area contributed by atoms with E-state index in [0.29, 0.717) is 18.1 Å². The van der Waals surface area contributed by atoms with Crippen LogP contribution in [-0.2, 0) is 11.2 Å². The highest BCUT2D eigenvalue weighted by Gasteiger charge is 2.09. The molecule has 0 saturated carbocycles. The Morgan fingerprint density at radius 3 is 2.40 bits per heavy atom. The fraction of sp³-hybridized carbons (Fsp3) is 0.611. The summed E-state index contributed by atoms with van der Waals surface area (Å²) in [5.74, 6) is 1.36. The summed E-state index contributed by atoms with van der Waals surface area (Å²) in [6.07, 6.45) is 8.14. The van der Waals surface area contributed by atoms with Crippen LogP contribution in [0.1, 0.15) is 64.4 Å². The molecule has 0 aliphatic rings. The van der Waals surface area contributed by atoms with Crippen LogP contribution in [0.2, 0.25) is 0 Å². The summed E-state index contributed by atoms with van der Waals surface area (Å²) in [7, 11) is 0. The molecule has 0 bridgehead atoms. The molecule has 0 aliphatic heterocycles. The van der Waals surface area contributed by atoms with Crippen molar-refractivity contribution >= 4 is 5.78 Å². The van der Waals surface area contributed by atoms with Crippen molar-refractivity contribution in [2.75, 3.05) is 0 Å². The van der Waals surface area contributed by atoms with Gasteiger partial charge in [0, 0.05) is 12.8 Å². The number of benzene rings is 1. The maximum absolute atomic E-state index is 11.9. The topological polar surface area (TPSA) is 37.3 Å². The number of Topliss-reactive ketones (excluding diaryl/α,β-unsaturated/α-hetero) is 1. The van der Waals surface area contributed by atoms with E-state index in [1.54, 1.807) is 12.1 Å². The maximum Gasteiger partial charge on any atom is 0.133 e. The lowest BCUT2D eigenvalue weighted by Crippen LogP contribution is -2.05. The summed E-state index contributed by atoms with van der Waals surface area (Å²) < 4.78 is 0. The van der Waals surface area contributed by atoms with Gasteiger partial charge in [-0.15, -0.1) is 0 Å². The van der Waals surface area contributed by atoms with Gasteiger partial charge in [0.15, 0.2) is 0 Å². The van der Waals surface area contributed by atoms with E-state index in [4.69, 9.17) is 0 Å². The number of phenols is 1. The molecule has 2 nitrogen and oxygen atoms in total. The van der Waals surface area contributed by atoms with Crippen LogP contribution >= 0.6 is 0 Å². The molecule has 0 spiro atoms. The van der Waals surface area contributed by atoms with Crippen molar-refractivity contribution in [2.45, 2.75) is 65.2 Å². The van der Waals surface area contributed by atoms with Crippen molar-refractivity contribution in [3.05, 3.63) is 29.8 Å². The van der Waals surface area contributed by atoms with Crippen LogP contribution < -0.4 is 0 Å². The molecule has 1 rings (SSSR count). The molecule has 0 saturated heterocycles. The van der Waals surface area contributed by atoms with E-state index in [-0.39, 0.29) is 5.75 Å². The van der Waals surface area contributed by atoms with Gasteiger partial charge in [-0.2, -0.15) is 0 Å². The smallest absolute Gasteiger partial charge is 0.133 e. The Bertz CT molecular complexity index is 381. The molecule has 1 N–H and O–H groups in total. The van der Waals surface area contributed by atoms with Gasteiger partial charge in [0.1, 0.15) is 11.5 Å². The highest BCUT2D eigenvalue weighted by atomic mass is 16.3. The van der Waals surface area contributed by atoms with Crippen LogP contribution in [0.3, 0.4) is 0 Å². The van der Waals surface area contributed by atoms with Gasteiger partial charge in [-0.3, -0.25) is 4.79 Å². The number of hydrogen-bond donors (Lipinski definition) is 1. The summed E-state index contributed by atoms with van der Waals surface area (Å²) in [6, 6.07) is 7.13. The molecule has 1 unspecified atom stereocenters. The number of aryl methyl sites for hydroxylation is 1. The minimum Gasteiger partial charge on any atom is -0.508 e. The summed E-state index contributed by atoms with van der Waals surface area (Å²) in [6.45, 7) is 4.44. The van der Waals surface area contributed by atoms with Crippen LogP contribution in [-0.4, -0.2) is 10.9 Å². The van der Waals surface area contributed by atoms with Crippen LogP contribution in [0.5, 0.6) is 5.75 Å². The van der Waals surface area contributed by atoms with Gasteiger partial charge in [0.25, 0.3) is 0 Å². The van der Waals surface area contributed by atoms with Gasteiger partial charge in [-0.25, -0.2) is 0 Å². The summed E-state index contributed by atoms with van der Waals surface area (Å²) >= 11 is 0. The SMILES string of the molecule is CCCCC(CC)CCC(=O)CCc1ccc(O)cc1. The molecule has 1 atom stereocenters. The zero-order chi connectivity index (χ0) is 14.8. The van der Waals surface area contributed by atoms with E-state index >= 15 is 0 Å². The number of unbranched alkanes of at least 4 members (excludes halogenated alkanes) is 1. The van der Waals surface area contributed by atoms with E-state index in [2.05, 4.69) is 13.8 Å². The van der Waals surface area contributed by atoms with E-state index in [1.165, 1.54) is 25.7 Å². The first-order chi connectivity index (χ1) is 9.65. The Labute approximate surface area is 123 Å². The predicted molar refractivity (Wildman–Crippen MR) is 84.0 cm³/mol. The Morgan fingerprint density at radius 2 is 1.80 bits per heavy atom. The van der Waals surface area contributed by atoms with Crippen molar-refractivity contribution in [3.8, 4) is 5.75 Å². The standard InChI is InChI=1S/C18H28O2/c1-3-5-6-15(4-2)7-11-17(19)12-8-16-9-13-18(20)14-10-16/h9-10,13-15,20H,3-8,11-12H2,1-2H3. The average Bonchev–Trinajstić information content (AvgIpc) is 2.47. The van der Waals surface area contributed by atoms with Gasteiger partial charge >= 0.3 is 0 Å². The number of ketones is 1. The first kappa shape index (κ1) is 16.7. The second-order valence-electron chi connectivity index (χ2n) is 5.66. The molecule has 2 heteroatoms. The van der Waals surface area contributed by atoms with E-state index in [9.17, 15) is 9.90 Å². The molecule has 0 aromatic heterocycles.